The van der Waals surface area contributed by atoms with Gasteiger partial charge in [0, 0.05) is 6.07 Å². The number of carbonyl (C=O) groups is 1. The number of rotatable bonds is 2. The van der Waals surface area contributed by atoms with E-state index >= 15 is 0 Å². The highest BCUT2D eigenvalue weighted by Crippen LogP contribution is 2.38. The Bertz CT molecular complexity index is 766. The molecule has 11 heteroatoms. The second-order valence-electron chi connectivity index (χ2n) is 4.23. The second kappa shape index (κ2) is 5.72. The highest BCUT2D eigenvalue weighted by molar-refractivity contribution is 6.67. The van der Waals surface area contributed by atoms with Crippen LogP contribution in [0.4, 0.5) is 26.3 Å². The molecule has 0 amide bonds. The summed E-state index contributed by atoms with van der Waals surface area (Å²) in [5, 5.41) is 1.05. The van der Waals surface area contributed by atoms with Crippen LogP contribution in [0.2, 0.25) is 5.02 Å². The number of hydrogen-bond donors (Lipinski definition) is 0. The molecule has 0 spiro atoms. The maximum Gasteiger partial charge on any atom is 0.435 e. The van der Waals surface area contributed by atoms with Crippen LogP contribution in [0.1, 0.15) is 21.7 Å². The predicted molar refractivity (Wildman–Crippen MR) is 68.8 cm³/mol. The molecule has 3 nitrogen and oxygen atoms in total. The van der Waals surface area contributed by atoms with Crippen molar-refractivity contribution >= 4 is 28.4 Å². The number of carbonyl (C=O) groups excluding carboxylic acids is 1. The van der Waals surface area contributed by atoms with Crippen LogP contribution in [0.15, 0.2) is 24.3 Å². The van der Waals surface area contributed by atoms with E-state index in [1.807, 2.05) is 0 Å². The quantitative estimate of drug-likeness (QED) is 0.549. The third-order valence-corrected chi connectivity index (χ3v) is 3.20. The molecule has 0 saturated heterocycles. The highest BCUT2D eigenvalue weighted by Gasteiger charge is 2.39. The number of hydrogen-bond acceptors (Lipinski definition) is 2. The van der Waals surface area contributed by atoms with E-state index < -0.39 is 45.3 Å². The Morgan fingerprint density at radius 3 is 2.17 bits per heavy atom. The maximum atomic E-state index is 13.0. The largest absolute Gasteiger partial charge is 0.435 e. The molecule has 0 aliphatic carbocycles. The summed E-state index contributed by atoms with van der Waals surface area (Å²) in [6, 6.07) is 2.83. The first kappa shape index (κ1) is 17.6. The summed E-state index contributed by atoms with van der Waals surface area (Å²) >= 11 is 10.8. The number of nitrogens with zero attached hydrogens (tertiary/aromatic N) is 2. The molecule has 0 saturated carbocycles. The lowest BCUT2D eigenvalue weighted by molar-refractivity contribution is -0.141. The summed E-state index contributed by atoms with van der Waals surface area (Å²) in [7, 11) is 0. The molecule has 0 bridgehead atoms. The summed E-state index contributed by atoms with van der Waals surface area (Å²) in [6.45, 7) is 0. The second-order valence-corrected chi connectivity index (χ2v) is 4.98. The van der Waals surface area contributed by atoms with Crippen molar-refractivity contribution in [3.05, 3.63) is 46.2 Å². The summed E-state index contributed by atoms with van der Waals surface area (Å²) in [5.74, 6) is 0. The van der Waals surface area contributed by atoms with Crippen molar-refractivity contribution in [2.75, 3.05) is 0 Å². The van der Waals surface area contributed by atoms with Gasteiger partial charge in [-0.15, -0.1) is 0 Å². The normalized spacial score (nSPS) is 12.5. The highest BCUT2D eigenvalue weighted by atomic mass is 35.5. The average Bonchev–Trinajstić information content (AvgIpc) is 2.82. The molecule has 0 unspecified atom stereocenters. The lowest BCUT2D eigenvalue weighted by atomic mass is 10.1. The zero-order valence-electron chi connectivity index (χ0n) is 10.6. The first-order valence-electron chi connectivity index (χ1n) is 5.66. The maximum absolute atomic E-state index is 13.0. The number of halogens is 8. The van der Waals surface area contributed by atoms with Crippen LogP contribution < -0.4 is 0 Å². The molecule has 1 aromatic heterocycles. The molecule has 2 rings (SSSR count). The number of benzene rings is 1. The van der Waals surface area contributed by atoms with Crippen molar-refractivity contribution in [1.29, 1.82) is 0 Å². The van der Waals surface area contributed by atoms with Crippen LogP contribution in [-0.4, -0.2) is 15.0 Å². The Morgan fingerprint density at radius 1 is 1.09 bits per heavy atom. The summed E-state index contributed by atoms with van der Waals surface area (Å²) in [6.07, 6.45) is -9.91. The molecule has 0 aliphatic rings. The van der Waals surface area contributed by atoms with E-state index in [1.54, 1.807) is 0 Å². The minimum Gasteiger partial charge on any atom is -0.274 e. The molecule has 2 aromatic rings. The van der Waals surface area contributed by atoms with Gasteiger partial charge >= 0.3 is 12.4 Å². The van der Waals surface area contributed by atoms with E-state index in [4.69, 9.17) is 23.2 Å². The Kier molecular flexibility index (Phi) is 4.38. The zero-order valence-corrected chi connectivity index (χ0v) is 12.1. The molecular weight excluding hydrogens is 373 g/mol. The average molecular weight is 377 g/mol. The Hall–Kier alpha value is -1.74. The predicted octanol–water partition coefficient (Wildman–Crippen LogP) is 4.94. The molecule has 23 heavy (non-hydrogen) atoms. The number of alkyl halides is 6. The van der Waals surface area contributed by atoms with Crippen molar-refractivity contribution in [3.63, 3.8) is 0 Å². The summed E-state index contributed by atoms with van der Waals surface area (Å²) in [4.78, 5) is 11.3. The summed E-state index contributed by atoms with van der Waals surface area (Å²) in [5.41, 5.74) is -4.74. The lowest BCUT2D eigenvalue weighted by Crippen LogP contribution is -2.15. The van der Waals surface area contributed by atoms with E-state index in [2.05, 4.69) is 5.10 Å². The van der Waals surface area contributed by atoms with Crippen LogP contribution in [0.5, 0.6) is 0 Å². The van der Waals surface area contributed by atoms with Gasteiger partial charge in [-0.25, -0.2) is 4.68 Å². The Morgan fingerprint density at radius 2 is 1.70 bits per heavy atom. The molecule has 1 aromatic carbocycles. The lowest BCUT2D eigenvalue weighted by Gasteiger charge is -2.15. The number of aromatic nitrogens is 2. The van der Waals surface area contributed by atoms with Crippen LogP contribution in [-0.2, 0) is 12.4 Å². The van der Waals surface area contributed by atoms with Gasteiger partial charge in [-0.05, 0) is 23.7 Å². The van der Waals surface area contributed by atoms with Crippen molar-refractivity contribution in [1.82, 2.24) is 9.78 Å². The van der Waals surface area contributed by atoms with Gasteiger partial charge in [0.15, 0.2) is 5.69 Å². The van der Waals surface area contributed by atoms with Gasteiger partial charge in [-0.1, -0.05) is 17.7 Å². The van der Waals surface area contributed by atoms with E-state index in [0.717, 1.165) is 12.1 Å². The van der Waals surface area contributed by atoms with Crippen LogP contribution in [0, 0.1) is 0 Å². The molecule has 0 radical (unpaired) electrons. The van der Waals surface area contributed by atoms with Crippen molar-refractivity contribution < 1.29 is 31.1 Å². The van der Waals surface area contributed by atoms with Crippen molar-refractivity contribution in [2.24, 2.45) is 0 Å². The molecule has 0 fully saturated rings. The third kappa shape index (κ3) is 3.45. The van der Waals surface area contributed by atoms with Gasteiger partial charge in [0.2, 0.25) is 0 Å². The molecular formula is C12H4Cl2F6N2O. The summed E-state index contributed by atoms with van der Waals surface area (Å²) < 4.78 is 77.4. The minimum atomic E-state index is -4.98. The van der Waals surface area contributed by atoms with Gasteiger partial charge in [0.25, 0.3) is 5.24 Å². The molecule has 124 valence electrons. The van der Waals surface area contributed by atoms with E-state index in [-0.39, 0.29) is 10.7 Å². The fourth-order valence-corrected chi connectivity index (χ4v) is 2.18. The van der Waals surface area contributed by atoms with Crippen molar-refractivity contribution in [2.45, 2.75) is 12.4 Å². The minimum absolute atomic E-state index is 0.142. The van der Waals surface area contributed by atoms with Crippen LogP contribution in [0.25, 0.3) is 5.69 Å². The molecule has 1 heterocycles. The SMILES string of the molecule is O=C(Cl)c1cc(C(F)(F)F)nn1-c1c(Cl)cccc1C(F)(F)F. The van der Waals surface area contributed by atoms with E-state index in [9.17, 15) is 31.1 Å². The fourth-order valence-electron chi connectivity index (χ4n) is 1.79. The zero-order chi connectivity index (χ0) is 17.6. The first-order valence-corrected chi connectivity index (χ1v) is 6.41. The van der Waals surface area contributed by atoms with Gasteiger partial charge in [-0.2, -0.15) is 31.4 Å². The topological polar surface area (TPSA) is 34.9 Å². The Balaban J connectivity index is 2.82. The molecule has 0 N–H and O–H groups in total. The fraction of sp³-hybridized carbons (Fsp3) is 0.167. The third-order valence-electron chi connectivity index (χ3n) is 2.71. The number of para-hydroxylation sites is 1. The van der Waals surface area contributed by atoms with Crippen molar-refractivity contribution in [3.8, 4) is 5.69 Å². The van der Waals surface area contributed by atoms with E-state index in [1.165, 1.54) is 0 Å². The standard InChI is InChI=1S/C12H4Cl2F6N2O/c13-6-3-1-2-5(11(15,16)17)9(6)22-7(10(14)23)4-8(21-22)12(18,19)20/h1-4H. The first-order chi connectivity index (χ1) is 10.4. The van der Waals surface area contributed by atoms with Gasteiger partial charge < -0.3 is 0 Å². The molecule has 0 aliphatic heterocycles. The van der Waals surface area contributed by atoms with Gasteiger partial charge in [0.1, 0.15) is 5.69 Å². The van der Waals surface area contributed by atoms with E-state index in [0.29, 0.717) is 6.07 Å². The molecule has 0 atom stereocenters. The Labute approximate surface area is 134 Å². The van der Waals surface area contributed by atoms with Crippen LogP contribution >= 0.6 is 23.2 Å². The van der Waals surface area contributed by atoms with Gasteiger partial charge in [0.05, 0.1) is 16.3 Å². The monoisotopic (exact) mass is 376 g/mol. The van der Waals surface area contributed by atoms with Gasteiger partial charge in [-0.3, -0.25) is 4.79 Å². The smallest absolute Gasteiger partial charge is 0.274 e. The van der Waals surface area contributed by atoms with Crippen LogP contribution in [0.3, 0.4) is 0 Å².